The van der Waals surface area contributed by atoms with Gasteiger partial charge in [-0.25, -0.2) is 0 Å². The molecule has 0 amide bonds. The van der Waals surface area contributed by atoms with E-state index in [1.165, 1.54) is 0 Å². The lowest BCUT2D eigenvalue weighted by atomic mass is 10.0. The highest BCUT2D eigenvalue weighted by Gasteiger charge is 2.15. The molecule has 0 bridgehead atoms. The molecule has 0 saturated heterocycles. The summed E-state index contributed by atoms with van der Waals surface area (Å²) in [6, 6.07) is 7.66. The van der Waals surface area contributed by atoms with Crippen LogP contribution in [0.2, 0.25) is 0 Å². The Labute approximate surface area is 106 Å². The van der Waals surface area contributed by atoms with Gasteiger partial charge in [-0.2, -0.15) is 0 Å². The van der Waals surface area contributed by atoms with Gasteiger partial charge >= 0.3 is 0 Å². The second-order valence-corrected chi connectivity index (χ2v) is 3.86. The smallest absolute Gasteiger partial charge is 0.141 e. The minimum atomic E-state index is -0.0575. The number of rotatable bonds is 5. The number of hydrogen-bond donors (Lipinski definition) is 2. The molecule has 0 spiro atoms. The minimum Gasteiger partial charge on any atom is -0.495 e. The van der Waals surface area contributed by atoms with E-state index in [1.807, 2.05) is 24.3 Å². The van der Waals surface area contributed by atoms with Crippen LogP contribution in [0.3, 0.4) is 0 Å². The van der Waals surface area contributed by atoms with E-state index in [9.17, 15) is 0 Å². The van der Waals surface area contributed by atoms with E-state index < -0.39 is 0 Å². The van der Waals surface area contributed by atoms with Crippen molar-refractivity contribution in [3.63, 3.8) is 0 Å². The molecule has 2 heterocycles. The molecule has 5 nitrogen and oxygen atoms in total. The summed E-state index contributed by atoms with van der Waals surface area (Å²) < 4.78 is 5.29. The van der Waals surface area contributed by atoms with Gasteiger partial charge in [-0.3, -0.25) is 21.2 Å². The Morgan fingerprint density at radius 1 is 1.33 bits per heavy atom. The summed E-state index contributed by atoms with van der Waals surface area (Å²) in [4.78, 5) is 8.33. The maximum absolute atomic E-state index is 5.62. The standard InChI is InChI=1S/C13H16N4O/c1-18-13-9-15-7-5-11(13)12(17-14)8-10-4-2-3-6-16-10/h2-7,9,12,17H,8,14H2,1H3. The molecule has 3 N–H and O–H groups in total. The molecule has 0 aromatic carbocycles. The van der Waals surface area contributed by atoms with Gasteiger partial charge in [0.2, 0.25) is 0 Å². The number of methoxy groups -OCH3 is 1. The molecule has 2 aromatic heterocycles. The number of nitrogens with two attached hydrogens (primary N) is 1. The molecule has 94 valence electrons. The van der Waals surface area contributed by atoms with Crippen LogP contribution in [0.4, 0.5) is 0 Å². The number of hydrazine groups is 1. The number of nitrogens with zero attached hydrogens (tertiary/aromatic N) is 2. The van der Waals surface area contributed by atoms with Crippen molar-refractivity contribution < 1.29 is 4.74 Å². The van der Waals surface area contributed by atoms with Gasteiger partial charge in [-0.1, -0.05) is 6.07 Å². The van der Waals surface area contributed by atoms with Crippen LogP contribution >= 0.6 is 0 Å². The molecule has 5 heteroatoms. The van der Waals surface area contributed by atoms with Crippen LogP contribution in [0, 0.1) is 0 Å². The number of nitrogens with one attached hydrogen (secondary N) is 1. The minimum absolute atomic E-state index is 0.0575. The zero-order valence-corrected chi connectivity index (χ0v) is 10.2. The molecule has 2 aromatic rings. The predicted molar refractivity (Wildman–Crippen MR) is 68.8 cm³/mol. The van der Waals surface area contributed by atoms with Gasteiger partial charge in [-0.05, 0) is 18.2 Å². The summed E-state index contributed by atoms with van der Waals surface area (Å²) >= 11 is 0. The van der Waals surface area contributed by atoms with Gasteiger partial charge in [0.1, 0.15) is 5.75 Å². The SMILES string of the molecule is COc1cnccc1C(Cc1ccccn1)NN. The molecular weight excluding hydrogens is 228 g/mol. The Balaban J connectivity index is 2.23. The number of aromatic nitrogens is 2. The summed E-state index contributed by atoms with van der Waals surface area (Å²) in [5, 5.41) is 0. The van der Waals surface area contributed by atoms with Gasteiger partial charge in [0.15, 0.2) is 0 Å². The zero-order valence-electron chi connectivity index (χ0n) is 10.2. The first-order chi connectivity index (χ1) is 8.85. The van der Waals surface area contributed by atoms with Gasteiger partial charge < -0.3 is 4.74 Å². The molecule has 0 fully saturated rings. The van der Waals surface area contributed by atoms with Crippen molar-refractivity contribution in [3.8, 4) is 5.75 Å². The van der Waals surface area contributed by atoms with E-state index in [1.54, 1.807) is 25.7 Å². The normalized spacial score (nSPS) is 12.1. The van der Waals surface area contributed by atoms with E-state index in [4.69, 9.17) is 10.6 Å². The van der Waals surface area contributed by atoms with Crippen molar-refractivity contribution in [2.24, 2.45) is 5.84 Å². The van der Waals surface area contributed by atoms with Crippen LogP contribution in [-0.2, 0) is 6.42 Å². The lowest BCUT2D eigenvalue weighted by Gasteiger charge is -2.18. The third-order valence-electron chi connectivity index (χ3n) is 2.75. The topological polar surface area (TPSA) is 73.1 Å². The second-order valence-electron chi connectivity index (χ2n) is 3.86. The molecule has 1 atom stereocenters. The summed E-state index contributed by atoms with van der Waals surface area (Å²) in [6.07, 6.45) is 5.86. The summed E-state index contributed by atoms with van der Waals surface area (Å²) in [5.41, 5.74) is 4.74. The molecule has 0 saturated carbocycles. The first-order valence-corrected chi connectivity index (χ1v) is 5.69. The van der Waals surface area contributed by atoms with Crippen LogP contribution in [-0.4, -0.2) is 17.1 Å². The van der Waals surface area contributed by atoms with Gasteiger partial charge in [0.05, 0.1) is 19.3 Å². The van der Waals surface area contributed by atoms with Crippen molar-refractivity contribution in [1.29, 1.82) is 0 Å². The highest BCUT2D eigenvalue weighted by Crippen LogP contribution is 2.25. The van der Waals surface area contributed by atoms with Gasteiger partial charge in [-0.15, -0.1) is 0 Å². The molecule has 0 aliphatic heterocycles. The first-order valence-electron chi connectivity index (χ1n) is 5.69. The van der Waals surface area contributed by atoms with Crippen molar-refractivity contribution in [1.82, 2.24) is 15.4 Å². The fraction of sp³-hybridized carbons (Fsp3) is 0.231. The largest absolute Gasteiger partial charge is 0.495 e. The van der Waals surface area contributed by atoms with E-state index in [0.29, 0.717) is 6.42 Å². The third-order valence-corrected chi connectivity index (χ3v) is 2.75. The van der Waals surface area contributed by atoms with E-state index in [0.717, 1.165) is 17.0 Å². The van der Waals surface area contributed by atoms with E-state index >= 15 is 0 Å². The molecule has 0 aliphatic carbocycles. The lowest BCUT2D eigenvalue weighted by molar-refractivity contribution is 0.396. The fourth-order valence-corrected chi connectivity index (χ4v) is 1.84. The number of pyridine rings is 2. The maximum atomic E-state index is 5.62. The fourth-order valence-electron chi connectivity index (χ4n) is 1.84. The Hall–Kier alpha value is -1.98. The molecule has 1 unspecified atom stereocenters. The van der Waals surface area contributed by atoms with Crippen molar-refractivity contribution in [2.45, 2.75) is 12.5 Å². The molecule has 0 radical (unpaired) electrons. The molecular formula is C13H16N4O. The van der Waals surface area contributed by atoms with Crippen LogP contribution in [0.1, 0.15) is 17.3 Å². The Morgan fingerprint density at radius 2 is 2.22 bits per heavy atom. The average Bonchev–Trinajstić information content (AvgIpc) is 2.46. The highest BCUT2D eigenvalue weighted by atomic mass is 16.5. The quantitative estimate of drug-likeness (QED) is 0.611. The van der Waals surface area contributed by atoms with Crippen LogP contribution in [0.15, 0.2) is 42.9 Å². The highest BCUT2D eigenvalue weighted by molar-refractivity contribution is 5.33. The summed E-state index contributed by atoms with van der Waals surface area (Å²) in [7, 11) is 1.62. The average molecular weight is 244 g/mol. The molecule has 0 aliphatic rings. The monoisotopic (exact) mass is 244 g/mol. The summed E-state index contributed by atoms with van der Waals surface area (Å²) in [5.74, 6) is 6.34. The van der Waals surface area contributed by atoms with Gasteiger partial charge in [0.25, 0.3) is 0 Å². The van der Waals surface area contributed by atoms with E-state index in [2.05, 4.69) is 15.4 Å². The number of hydrogen-bond acceptors (Lipinski definition) is 5. The van der Waals surface area contributed by atoms with Crippen molar-refractivity contribution in [3.05, 3.63) is 54.1 Å². The Bertz CT molecular complexity index is 489. The first kappa shape index (κ1) is 12.5. The zero-order chi connectivity index (χ0) is 12.8. The summed E-state index contributed by atoms with van der Waals surface area (Å²) in [6.45, 7) is 0. The number of ether oxygens (including phenoxy) is 1. The molecule has 18 heavy (non-hydrogen) atoms. The second kappa shape index (κ2) is 6.09. The Morgan fingerprint density at radius 3 is 2.89 bits per heavy atom. The van der Waals surface area contributed by atoms with Crippen LogP contribution < -0.4 is 16.0 Å². The predicted octanol–water partition coefficient (Wildman–Crippen LogP) is 1.23. The lowest BCUT2D eigenvalue weighted by Crippen LogP contribution is -2.30. The Kier molecular flexibility index (Phi) is 4.22. The third kappa shape index (κ3) is 2.82. The van der Waals surface area contributed by atoms with Crippen molar-refractivity contribution in [2.75, 3.05) is 7.11 Å². The van der Waals surface area contributed by atoms with Crippen LogP contribution in [0.5, 0.6) is 5.75 Å². The van der Waals surface area contributed by atoms with Crippen molar-refractivity contribution >= 4 is 0 Å². The van der Waals surface area contributed by atoms with E-state index in [-0.39, 0.29) is 6.04 Å². The van der Waals surface area contributed by atoms with Crippen LogP contribution in [0.25, 0.3) is 0 Å². The van der Waals surface area contributed by atoms with Gasteiger partial charge in [0, 0.05) is 30.1 Å². The maximum Gasteiger partial charge on any atom is 0.141 e. The molecule has 2 rings (SSSR count).